The molecule has 1 aromatic carbocycles. The van der Waals surface area contributed by atoms with Crippen LogP contribution in [-0.4, -0.2) is 15.0 Å². The van der Waals surface area contributed by atoms with Gasteiger partial charge in [-0.1, -0.05) is 18.5 Å². The number of rotatable bonds is 5. The Morgan fingerprint density at radius 2 is 2.05 bits per heavy atom. The maximum atomic E-state index is 12.3. The number of anilines is 1. The Balaban J connectivity index is 2.25. The Hall–Kier alpha value is -0.780. The molecule has 1 aliphatic rings. The normalized spacial score (nSPS) is 17.4. The van der Waals surface area contributed by atoms with Crippen molar-refractivity contribution < 1.29 is 8.42 Å². The van der Waals surface area contributed by atoms with Gasteiger partial charge in [0.25, 0.3) is 0 Å². The van der Waals surface area contributed by atoms with E-state index in [9.17, 15) is 8.42 Å². The molecule has 106 valence electrons. The Morgan fingerprint density at radius 3 is 2.58 bits per heavy atom. The minimum absolute atomic E-state index is 0.158. The molecule has 3 N–H and O–H groups in total. The molecule has 2 rings (SSSR count). The summed E-state index contributed by atoms with van der Waals surface area (Å²) in [6.45, 7) is 4.26. The fourth-order valence-electron chi connectivity index (χ4n) is 2.11. The first kappa shape index (κ1) is 14.6. The molecule has 0 spiro atoms. The standard InChI is InChI=1S/C13H19ClN2O2S/c1-3-13(4-5-13)8-16-19(17,18)12-7-10(14)6-11(15)9(12)2/h6-7,16H,3-5,8,15H2,1-2H3. The highest BCUT2D eigenvalue weighted by atomic mass is 35.5. The molecule has 0 unspecified atom stereocenters. The van der Waals surface area contributed by atoms with E-state index in [1.807, 2.05) is 0 Å². The van der Waals surface area contributed by atoms with Crippen LogP contribution in [0.25, 0.3) is 0 Å². The van der Waals surface area contributed by atoms with Gasteiger partial charge in [-0.3, -0.25) is 0 Å². The summed E-state index contributed by atoms with van der Waals surface area (Å²) >= 11 is 5.89. The van der Waals surface area contributed by atoms with Crippen molar-refractivity contribution in [2.45, 2.75) is 38.0 Å². The summed E-state index contributed by atoms with van der Waals surface area (Å²) < 4.78 is 27.3. The minimum atomic E-state index is -3.55. The molecule has 0 heterocycles. The predicted molar refractivity (Wildman–Crippen MR) is 77.7 cm³/mol. The van der Waals surface area contributed by atoms with Gasteiger partial charge in [-0.2, -0.15) is 0 Å². The third-order valence-corrected chi connectivity index (χ3v) is 5.74. The number of nitrogens with one attached hydrogen (secondary N) is 1. The van der Waals surface area contributed by atoms with Gasteiger partial charge in [0, 0.05) is 17.3 Å². The number of nitrogen functional groups attached to an aromatic ring is 1. The van der Waals surface area contributed by atoms with Gasteiger partial charge in [-0.05, 0) is 49.3 Å². The van der Waals surface area contributed by atoms with Gasteiger partial charge in [-0.25, -0.2) is 13.1 Å². The lowest BCUT2D eigenvalue weighted by atomic mass is 10.1. The van der Waals surface area contributed by atoms with E-state index in [0.717, 1.165) is 19.3 Å². The lowest BCUT2D eigenvalue weighted by molar-refractivity contribution is 0.475. The molecule has 4 nitrogen and oxygen atoms in total. The highest BCUT2D eigenvalue weighted by Crippen LogP contribution is 2.48. The lowest BCUT2D eigenvalue weighted by Gasteiger charge is -2.15. The van der Waals surface area contributed by atoms with Gasteiger partial charge in [0.2, 0.25) is 10.0 Å². The molecule has 0 radical (unpaired) electrons. The maximum absolute atomic E-state index is 12.3. The molecule has 0 aliphatic heterocycles. The molecule has 0 atom stereocenters. The highest BCUT2D eigenvalue weighted by Gasteiger charge is 2.41. The Labute approximate surface area is 119 Å². The predicted octanol–water partition coefficient (Wildman–Crippen LogP) is 2.70. The van der Waals surface area contributed by atoms with Crippen LogP contribution in [0.3, 0.4) is 0 Å². The Morgan fingerprint density at radius 1 is 1.42 bits per heavy atom. The van der Waals surface area contributed by atoms with E-state index in [0.29, 0.717) is 22.8 Å². The quantitative estimate of drug-likeness (QED) is 0.821. The van der Waals surface area contributed by atoms with E-state index in [1.165, 1.54) is 6.07 Å². The van der Waals surface area contributed by atoms with Gasteiger partial charge < -0.3 is 5.73 Å². The maximum Gasteiger partial charge on any atom is 0.240 e. The van der Waals surface area contributed by atoms with Crippen LogP contribution in [0.15, 0.2) is 17.0 Å². The summed E-state index contributed by atoms with van der Waals surface area (Å²) in [6.07, 6.45) is 3.16. The average Bonchev–Trinajstić information content (AvgIpc) is 3.12. The van der Waals surface area contributed by atoms with Crippen LogP contribution in [0.5, 0.6) is 0 Å². The molecule has 1 aliphatic carbocycles. The van der Waals surface area contributed by atoms with Crippen molar-refractivity contribution in [2.75, 3.05) is 12.3 Å². The van der Waals surface area contributed by atoms with Crippen molar-refractivity contribution >= 4 is 27.3 Å². The fourth-order valence-corrected chi connectivity index (χ4v) is 3.86. The van der Waals surface area contributed by atoms with Crippen LogP contribution >= 0.6 is 11.6 Å². The third-order valence-electron chi connectivity index (χ3n) is 4.00. The van der Waals surface area contributed by atoms with E-state index in [2.05, 4.69) is 11.6 Å². The first-order chi connectivity index (χ1) is 8.80. The molecule has 1 aromatic rings. The van der Waals surface area contributed by atoms with Gasteiger partial charge in [-0.15, -0.1) is 0 Å². The second-order valence-corrected chi connectivity index (χ2v) is 7.47. The van der Waals surface area contributed by atoms with E-state index in [1.54, 1.807) is 13.0 Å². The topological polar surface area (TPSA) is 72.2 Å². The Bertz CT molecular complexity index is 595. The molecule has 0 saturated heterocycles. The van der Waals surface area contributed by atoms with E-state index >= 15 is 0 Å². The SMILES string of the molecule is CCC1(CNS(=O)(=O)c2cc(Cl)cc(N)c2C)CC1. The van der Waals surface area contributed by atoms with Gasteiger partial charge in [0.15, 0.2) is 0 Å². The molecular weight excluding hydrogens is 284 g/mol. The lowest BCUT2D eigenvalue weighted by Crippen LogP contribution is -2.30. The number of benzene rings is 1. The zero-order valence-corrected chi connectivity index (χ0v) is 12.7. The molecule has 0 aromatic heterocycles. The summed E-state index contributed by atoms with van der Waals surface area (Å²) in [5.41, 5.74) is 6.85. The second kappa shape index (κ2) is 4.96. The van der Waals surface area contributed by atoms with Crippen molar-refractivity contribution in [1.82, 2.24) is 4.72 Å². The smallest absolute Gasteiger partial charge is 0.240 e. The first-order valence-corrected chi connectivity index (χ1v) is 8.21. The molecular formula is C13H19ClN2O2S. The largest absolute Gasteiger partial charge is 0.398 e. The van der Waals surface area contributed by atoms with Gasteiger partial charge in [0.1, 0.15) is 0 Å². The fraction of sp³-hybridized carbons (Fsp3) is 0.538. The summed E-state index contributed by atoms with van der Waals surface area (Å²) in [7, 11) is -3.55. The molecule has 0 bridgehead atoms. The molecule has 1 saturated carbocycles. The van der Waals surface area contributed by atoms with Crippen LogP contribution < -0.4 is 10.5 Å². The van der Waals surface area contributed by atoms with Crippen molar-refractivity contribution in [3.63, 3.8) is 0 Å². The first-order valence-electron chi connectivity index (χ1n) is 6.35. The number of sulfonamides is 1. The average molecular weight is 303 g/mol. The van der Waals surface area contributed by atoms with E-state index in [-0.39, 0.29) is 10.3 Å². The van der Waals surface area contributed by atoms with Gasteiger partial charge >= 0.3 is 0 Å². The number of halogens is 1. The summed E-state index contributed by atoms with van der Waals surface area (Å²) in [5.74, 6) is 0. The highest BCUT2D eigenvalue weighted by molar-refractivity contribution is 7.89. The van der Waals surface area contributed by atoms with Crippen molar-refractivity contribution in [1.29, 1.82) is 0 Å². The van der Waals surface area contributed by atoms with E-state index < -0.39 is 10.0 Å². The van der Waals surface area contributed by atoms with E-state index in [4.69, 9.17) is 17.3 Å². The van der Waals surface area contributed by atoms with Crippen LogP contribution in [0.4, 0.5) is 5.69 Å². The monoisotopic (exact) mass is 302 g/mol. The molecule has 1 fully saturated rings. The van der Waals surface area contributed by atoms with Crippen LogP contribution in [0.1, 0.15) is 31.7 Å². The zero-order valence-electron chi connectivity index (χ0n) is 11.2. The number of nitrogens with two attached hydrogens (primary N) is 1. The van der Waals surface area contributed by atoms with Crippen molar-refractivity contribution in [3.8, 4) is 0 Å². The van der Waals surface area contributed by atoms with Crippen molar-refractivity contribution in [2.24, 2.45) is 5.41 Å². The zero-order chi connectivity index (χ0) is 14.3. The second-order valence-electron chi connectivity index (χ2n) is 5.30. The van der Waals surface area contributed by atoms with Crippen molar-refractivity contribution in [3.05, 3.63) is 22.7 Å². The number of hydrogen-bond donors (Lipinski definition) is 2. The molecule has 0 amide bonds. The molecule has 6 heteroatoms. The summed E-state index contributed by atoms with van der Waals surface area (Å²) in [4.78, 5) is 0.171. The van der Waals surface area contributed by atoms with Crippen LogP contribution in [-0.2, 0) is 10.0 Å². The third kappa shape index (κ3) is 3.04. The minimum Gasteiger partial charge on any atom is -0.398 e. The van der Waals surface area contributed by atoms with Gasteiger partial charge in [0.05, 0.1) is 4.90 Å². The summed E-state index contributed by atoms with van der Waals surface area (Å²) in [6, 6.07) is 3.01. The molecule has 19 heavy (non-hydrogen) atoms. The Kier molecular flexibility index (Phi) is 3.82. The summed E-state index contributed by atoms with van der Waals surface area (Å²) in [5, 5.41) is 0.333. The number of hydrogen-bond acceptors (Lipinski definition) is 3. The van der Waals surface area contributed by atoms with Crippen LogP contribution in [0.2, 0.25) is 5.02 Å². The van der Waals surface area contributed by atoms with Crippen LogP contribution in [0, 0.1) is 12.3 Å².